The van der Waals surface area contributed by atoms with Crippen LogP contribution >= 0.6 is 15.9 Å². The van der Waals surface area contributed by atoms with Crippen molar-refractivity contribution in [1.82, 2.24) is 9.97 Å². The fourth-order valence-electron chi connectivity index (χ4n) is 2.58. The van der Waals surface area contributed by atoms with Crippen LogP contribution in [-0.2, 0) is 0 Å². The average molecular weight is 341 g/mol. The Bertz CT molecular complexity index is 897. The summed E-state index contributed by atoms with van der Waals surface area (Å²) in [5, 5.41) is 2.33. The van der Waals surface area contributed by atoms with Crippen LogP contribution in [0.5, 0.6) is 0 Å². The fraction of sp³-hybridized carbons (Fsp3) is 0.176. The molecule has 21 heavy (non-hydrogen) atoms. The lowest BCUT2D eigenvalue weighted by atomic mass is 10.1. The summed E-state index contributed by atoms with van der Waals surface area (Å²) in [5.74, 6) is 1.08. The molecule has 4 heteroatoms. The van der Waals surface area contributed by atoms with Crippen molar-refractivity contribution in [1.29, 1.82) is 0 Å². The second kappa shape index (κ2) is 4.81. The molecule has 0 atom stereocenters. The van der Waals surface area contributed by atoms with Gasteiger partial charge in [-0.2, -0.15) is 0 Å². The average Bonchev–Trinajstić information content (AvgIpc) is 3.34. The molecule has 3 aromatic rings. The van der Waals surface area contributed by atoms with E-state index < -0.39 is 0 Å². The number of aromatic nitrogens is 2. The smallest absolute Gasteiger partial charge is 0.265 e. The van der Waals surface area contributed by atoms with E-state index in [2.05, 4.69) is 50.2 Å². The van der Waals surface area contributed by atoms with E-state index >= 15 is 0 Å². The fourth-order valence-corrected chi connectivity index (χ4v) is 3.09. The van der Waals surface area contributed by atoms with E-state index in [1.807, 2.05) is 18.2 Å². The molecule has 1 aliphatic carbocycles. The van der Waals surface area contributed by atoms with Gasteiger partial charge in [-0.1, -0.05) is 36.4 Å². The number of H-pyrrole nitrogens is 1. The largest absolute Gasteiger partial charge is 0.306 e. The van der Waals surface area contributed by atoms with Crippen LogP contribution in [-0.4, -0.2) is 9.97 Å². The molecule has 4 rings (SSSR count). The Labute approximate surface area is 130 Å². The zero-order valence-corrected chi connectivity index (χ0v) is 12.9. The minimum Gasteiger partial charge on any atom is -0.306 e. The topological polar surface area (TPSA) is 45.8 Å². The van der Waals surface area contributed by atoms with Crippen LogP contribution < -0.4 is 5.56 Å². The maximum absolute atomic E-state index is 12.1. The highest BCUT2D eigenvalue weighted by Crippen LogP contribution is 2.41. The number of hydrogen-bond acceptors (Lipinski definition) is 2. The molecular formula is C17H13BrN2O. The van der Waals surface area contributed by atoms with Crippen molar-refractivity contribution in [2.75, 3.05) is 0 Å². The Hall–Kier alpha value is -1.94. The van der Waals surface area contributed by atoms with Gasteiger partial charge < -0.3 is 4.98 Å². The predicted molar refractivity (Wildman–Crippen MR) is 87.5 cm³/mol. The number of halogens is 1. The molecule has 1 aliphatic rings. The van der Waals surface area contributed by atoms with E-state index in [0.29, 0.717) is 16.2 Å². The summed E-state index contributed by atoms with van der Waals surface area (Å²) >= 11 is 3.36. The first-order chi connectivity index (χ1) is 10.2. The molecule has 2 aromatic carbocycles. The van der Waals surface area contributed by atoms with Gasteiger partial charge in [-0.25, -0.2) is 4.98 Å². The number of hydrogen-bond donors (Lipinski definition) is 1. The van der Waals surface area contributed by atoms with Gasteiger partial charge in [-0.05, 0) is 45.6 Å². The van der Waals surface area contributed by atoms with E-state index in [1.165, 1.54) is 5.39 Å². The molecule has 3 nitrogen and oxygen atoms in total. The van der Waals surface area contributed by atoms with Gasteiger partial charge in [0.25, 0.3) is 5.56 Å². The molecule has 1 aromatic heterocycles. The zero-order chi connectivity index (χ0) is 14.4. The zero-order valence-electron chi connectivity index (χ0n) is 11.3. The number of rotatable bonds is 2. The predicted octanol–water partition coefficient (Wildman–Crippen LogP) is 4.23. The third-order valence-electron chi connectivity index (χ3n) is 3.88. The minimum absolute atomic E-state index is 0.102. The number of benzene rings is 2. The molecule has 0 spiro atoms. The van der Waals surface area contributed by atoms with Gasteiger partial charge >= 0.3 is 0 Å². The standard InChI is InChI=1S/C17H13BrN2O/c18-14-15(11-6-7-11)19-16(20-17(14)21)13-8-5-10-3-1-2-4-12(10)9-13/h1-5,8-9,11H,6-7H2,(H,19,20,21). The lowest BCUT2D eigenvalue weighted by molar-refractivity contribution is 0.960. The maximum Gasteiger partial charge on any atom is 0.265 e. The van der Waals surface area contributed by atoms with Crippen molar-refractivity contribution in [2.24, 2.45) is 0 Å². The second-order valence-electron chi connectivity index (χ2n) is 5.45. The van der Waals surface area contributed by atoms with E-state index in [0.717, 1.165) is 29.5 Å². The number of nitrogens with zero attached hydrogens (tertiary/aromatic N) is 1. The highest BCUT2D eigenvalue weighted by Gasteiger charge is 2.29. The molecule has 1 N–H and O–H groups in total. The number of aromatic amines is 1. The lowest BCUT2D eigenvalue weighted by Gasteiger charge is -2.07. The molecule has 1 fully saturated rings. The van der Waals surface area contributed by atoms with Gasteiger partial charge in [0.1, 0.15) is 10.3 Å². The maximum atomic E-state index is 12.1. The van der Waals surface area contributed by atoms with Crippen LogP contribution in [0, 0.1) is 0 Å². The molecule has 0 aliphatic heterocycles. The molecule has 0 bridgehead atoms. The van der Waals surface area contributed by atoms with Crippen molar-refractivity contribution in [3.8, 4) is 11.4 Å². The van der Waals surface area contributed by atoms with Gasteiger partial charge in [-0.3, -0.25) is 4.79 Å². The molecule has 0 radical (unpaired) electrons. The van der Waals surface area contributed by atoms with Crippen LogP contribution in [0.1, 0.15) is 24.5 Å². The summed E-state index contributed by atoms with van der Waals surface area (Å²) in [6, 6.07) is 14.3. The van der Waals surface area contributed by atoms with E-state index in [9.17, 15) is 4.79 Å². The molecule has 1 saturated carbocycles. The minimum atomic E-state index is -0.102. The van der Waals surface area contributed by atoms with E-state index in [-0.39, 0.29) is 5.56 Å². The molecule has 0 saturated heterocycles. The molecule has 0 amide bonds. The van der Waals surface area contributed by atoms with Gasteiger partial charge in [0, 0.05) is 11.5 Å². The van der Waals surface area contributed by atoms with Crippen molar-refractivity contribution < 1.29 is 0 Å². The summed E-state index contributed by atoms with van der Waals surface area (Å²) in [7, 11) is 0. The third-order valence-corrected chi connectivity index (χ3v) is 4.64. The van der Waals surface area contributed by atoms with Gasteiger partial charge in [-0.15, -0.1) is 0 Å². The van der Waals surface area contributed by atoms with Crippen molar-refractivity contribution in [3.05, 3.63) is 63.0 Å². The lowest BCUT2D eigenvalue weighted by Crippen LogP contribution is -2.13. The first kappa shape index (κ1) is 12.8. The first-order valence-electron chi connectivity index (χ1n) is 7.01. The van der Waals surface area contributed by atoms with Crippen LogP contribution in [0.25, 0.3) is 22.2 Å². The van der Waals surface area contributed by atoms with E-state index in [4.69, 9.17) is 0 Å². The normalized spacial score (nSPS) is 14.5. The monoisotopic (exact) mass is 340 g/mol. The van der Waals surface area contributed by atoms with Gasteiger partial charge in [0.15, 0.2) is 0 Å². The Morgan fingerprint density at radius 2 is 1.86 bits per heavy atom. The van der Waals surface area contributed by atoms with Crippen LogP contribution in [0.4, 0.5) is 0 Å². The second-order valence-corrected chi connectivity index (χ2v) is 6.24. The Kier molecular flexibility index (Phi) is 2.93. The Morgan fingerprint density at radius 3 is 2.62 bits per heavy atom. The summed E-state index contributed by atoms with van der Waals surface area (Å²) in [6.07, 6.45) is 2.23. The van der Waals surface area contributed by atoms with Crippen LogP contribution in [0.15, 0.2) is 51.7 Å². The van der Waals surface area contributed by atoms with Crippen molar-refractivity contribution in [2.45, 2.75) is 18.8 Å². The summed E-state index contributed by atoms with van der Waals surface area (Å²) in [4.78, 5) is 19.6. The molecular weight excluding hydrogens is 328 g/mol. The Morgan fingerprint density at radius 1 is 1.10 bits per heavy atom. The molecule has 1 heterocycles. The highest BCUT2D eigenvalue weighted by molar-refractivity contribution is 9.10. The molecule has 104 valence electrons. The van der Waals surface area contributed by atoms with Gasteiger partial charge in [0.05, 0.1) is 5.69 Å². The van der Waals surface area contributed by atoms with Crippen molar-refractivity contribution >= 4 is 26.7 Å². The SMILES string of the molecule is O=c1[nH]c(-c2ccc3ccccc3c2)nc(C2CC2)c1Br. The quantitative estimate of drug-likeness (QED) is 0.758. The first-order valence-corrected chi connectivity index (χ1v) is 7.80. The van der Waals surface area contributed by atoms with Gasteiger partial charge in [0.2, 0.25) is 0 Å². The number of nitrogens with one attached hydrogen (secondary N) is 1. The van der Waals surface area contributed by atoms with Crippen LogP contribution in [0.3, 0.4) is 0 Å². The van der Waals surface area contributed by atoms with E-state index in [1.54, 1.807) is 0 Å². The summed E-state index contributed by atoms with van der Waals surface area (Å²) in [6.45, 7) is 0. The third kappa shape index (κ3) is 2.29. The summed E-state index contributed by atoms with van der Waals surface area (Å²) in [5.41, 5.74) is 1.73. The van der Waals surface area contributed by atoms with Crippen LogP contribution in [0.2, 0.25) is 0 Å². The van der Waals surface area contributed by atoms with Crippen molar-refractivity contribution in [3.63, 3.8) is 0 Å². The highest BCUT2D eigenvalue weighted by atomic mass is 79.9. The Balaban J connectivity index is 1.89. The molecule has 0 unspecified atom stereocenters. The number of fused-ring (bicyclic) bond motifs is 1. The summed E-state index contributed by atoms with van der Waals surface area (Å²) < 4.78 is 0.578.